The minimum atomic E-state index is -4.65. The van der Waals surface area contributed by atoms with Gasteiger partial charge in [0.05, 0.1) is 5.75 Å². The van der Waals surface area contributed by atoms with Gasteiger partial charge in [0.1, 0.15) is 13.2 Å². The van der Waals surface area contributed by atoms with E-state index in [2.05, 4.69) is 5.43 Å². The zero-order valence-corrected chi connectivity index (χ0v) is 21.3. The Morgan fingerprint density at radius 3 is 1.89 bits per heavy atom. The van der Waals surface area contributed by atoms with Crippen LogP contribution in [0.15, 0.2) is 84.9 Å². The Morgan fingerprint density at radius 1 is 0.842 bits per heavy atom. The molecule has 12 heteroatoms. The summed E-state index contributed by atoms with van der Waals surface area (Å²) in [4.78, 5) is 38.8. The third-order valence-corrected chi connectivity index (χ3v) is 6.10. The monoisotopic (exact) mass is 566 g/mol. The molecule has 2 amide bonds. The third kappa shape index (κ3) is 9.31. The Labute approximate surface area is 225 Å². The number of carbonyl (C=O) groups excluding carboxylic acids is 3. The lowest BCUT2D eigenvalue weighted by Gasteiger charge is -2.30. The number of nitrogens with one attached hydrogen (secondary N) is 1. The molecule has 0 aliphatic rings. The summed E-state index contributed by atoms with van der Waals surface area (Å²) >= 11 is 5.88. The smallest absolute Gasteiger partial charge is 0.430 e. The molecule has 0 bridgehead atoms. The zero-order valence-electron chi connectivity index (χ0n) is 19.7. The molecule has 3 rings (SSSR count). The van der Waals surface area contributed by atoms with E-state index in [9.17, 15) is 27.6 Å². The molecule has 0 aromatic heterocycles. The van der Waals surface area contributed by atoms with Gasteiger partial charge in [-0.2, -0.15) is 18.2 Å². The molecule has 0 saturated carbocycles. The first kappa shape index (κ1) is 28.9. The van der Waals surface area contributed by atoms with Gasteiger partial charge in [-0.1, -0.05) is 96.2 Å². The number of carbonyl (C=O) groups is 3. The first-order valence-electron chi connectivity index (χ1n) is 11.1. The number of hydrogen-bond donors (Lipinski definition) is 1. The summed E-state index contributed by atoms with van der Waals surface area (Å²) in [7, 11) is 0. The molecule has 0 aliphatic heterocycles. The van der Waals surface area contributed by atoms with Crippen molar-refractivity contribution >= 4 is 40.7 Å². The normalized spacial score (nSPS) is 11.8. The van der Waals surface area contributed by atoms with Crippen molar-refractivity contribution in [3.8, 4) is 0 Å². The minimum absolute atomic E-state index is 0.0504. The molecule has 0 saturated heterocycles. The lowest BCUT2D eigenvalue weighted by Crippen LogP contribution is -2.50. The predicted octanol–water partition coefficient (Wildman–Crippen LogP) is 6.68. The molecule has 200 valence electrons. The minimum Gasteiger partial charge on any atom is -0.443 e. The molecule has 1 unspecified atom stereocenters. The van der Waals surface area contributed by atoms with E-state index in [4.69, 9.17) is 21.1 Å². The molecular formula is C26H22ClF3N2O5S. The number of nitrogens with zero attached hydrogens (tertiary/aromatic N) is 1. The van der Waals surface area contributed by atoms with Gasteiger partial charge < -0.3 is 9.47 Å². The van der Waals surface area contributed by atoms with Gasteiger partial charge in [-0.15, -0.1) is 0 Å². The van der Waals surface area contributed by atoms with E-state index < -0.39 is 35.3 Å². The highest BCUT2D eigenvalue weighted by Crippen LogP contribution is 2.31. The van der Waals surface area contributed by atoms with Gasteiger partial charge in [0.2, 0.25) is 5.12 Å². The van der Waals surface area contributed by atoms with Crippen LogP contribution in [0.4, 0.5) is 22.8 Å². The Bertz CT molecular complexity index is 1220. The number of halogens is 4. The van der Waals surface area contributed by atoms with E-state index in [1.54, 1.807) is 60.7 Å². The van der Waals surface area contributed by atoms with E-state index in [0.717, 1.165) is 0 Å². The van der Waals surface area contributed by atoms with Crippen LogP contribution in [-0.2, 0) is 27.5 Å². The van der Waals surface area contributed by atoms with Crippen molar-refractivity contribution < 1.29 is 37.0 Å². The number of benzene rings is 3. The average molecular weight is 567 g/mol. The van der Waals surface area contributed by atoms with E-state index in [1.807, 2.05) is 0 Å². The summed E-state index contributed by atoms with van der Waals surface area (Å²) in [6.45, 7) is -0.393. The number of rotatable bonds is 8. The molecule has 7 nitrogen and oxygen atoms in total. The summed E-state index contributed by atoms with van der Waals surface area (Å²) in [5.74, 6) is -1.50. The van der Waals surface area contributed by atoms with Crippen LogP contribution in [0.5, 0.6) is 0 Å². The summed E-state index contributed by atoms with van der Waals surface area (Å²) in [6, 6.07) is 21.0. The molecular weight excluding hydrogens is 545 g/mol. The van der Waals surface area contributed by atoms with Crippen LogP contribution in [0, 0.1) is 0 Å². The Kier molecular flexibility index (Phi) is 10.4. The van der Waals surface area contributed by atoms with Gasteiger partial charge in [-0.25, -0.2) is 15.0 Å². The first-order valence-corrected chi connectivity index (χ1v) is 12.4. The van der Waals surface area contributed by atoms with Crippen molar-refractivity contribution in [2.24, 2.45) is 0 Å². The van der Waals surface area contributed by atoms with Gasteiger partial charge in [0.15, 0.2) is 6.04 Å². The van der Waals surface area contributed by atoms with Crippen LogP contribution in [0.2, 0.25) is 5.02 Å². The number of amides is 2. The second-order valence-electron chi connectivity index (χ2n) is 7.76. The fourth-order valence-electron chi connectivity index (χ4n) is 3.13. The molecule has 3 aromatic carbocycles. The van der Waals surface area contributed by atoms with E-state index in [1.165, 1.54) is 24.3 Å². The molecule has 0 heterocycles. The fourth-order valence-corrected chi connectivity index (χ4v) is 3.96. The predicted molar refractivity (Wildman–Crippen MR) is 136 cm³/mol. The van der Waals surface area contributed by atoms with Crippen molar-refractivity contribution in [2.45, 2.75) is 25.4 Å². The maximum Gasteiger partial charge on any atom is 0.430 e. The Morgan fingerprint density at radius 2 is 1.37 bits per heavy atom. The summed E-state index contributed by atoms with van der Waals surface area (Å²) in [5, 5.41) is -0.258. The van der Waals surface area contributed by atoms with Crippen LogP contribution < -0.4 is 5.43 Å². The number of hydrazine groups is 1. The fraction of sp³-hybridized carbons (Fsp3) is 0.192. The average Bonchev–Trinajstić information content (AvgIpc) is 2.91. The highest BCUT2D eigenvalue weighted by atomic mass is 35.5. The molecule has 3 aromatic rings. The summed E-state index contributed by atoms with van der Waals surface area (Å²) in [6.07, 6.45) is -6.96. The number of alkyl halides is 3. The Balaban J connectivity index is 1.87. The summed E-state index contributed by atoms with van der Waals surface area (Å²) < 4.78 is 49.1. The lowest BCUT2D eigenvalue weighted by molar-refractivity contribution is -0.118. The molecule has 1 atom stereocenters. The first-order chi connectivity index (χ1) is 18.1. The standard InChI is InChI=1S/C26H22ClF3N2O5S/c27-21-13-11-20(12-14-21)22(23(33)38-17-26(28,29)30)32(25(35)37-16-19-9-5-2-6-10-19)31-24(34)36-15-18-7-3-1-4-8-18/h1-14,22H,15-17H2,(H,31,34). The molecule has 38 heavy (non-hydrogen) atoms. The van der Waals surface area contributed by atoms with E-state index in [-0.39, 0.29) is 35.6 Å². The summed E-state index contributed by atoms with van der Waals surface area (Å²) in [5.41, 5.74) is 3.51. The van der Waals surface area contributed by atoms with Gasteiger partial charge >= 0.3 is 18.4 Å². The highest BCUT2D eigenvalue weighted by Gasteiger charge is 2.37. The van der Waals surface area contributed by atoms with Gasteiger partial charge in [-0.05, 0) is 28.8 Å². The number of ether oxygens (including phenoxy) is 2. The lowest BCUT2D eigenvalue weighted by atomic mass is 10.1. The van der Waals surface area contributed by atoms with Crippen molar-refractivity contribution in [1.82, 2.24) is 10.4 Å². The van der Waals surface area contributed by atoms with Crippen LogP contribution in [0.3, 0.4) is 0 Å². The molecule has 0 fully saturated rings. The van der Waals surface area contributed by atoms with Gasteiger partial charge in [0.25, 0.3) is 0 Å². The van der Waals surface area contributed by atoms with Gasteiger partial charge in [-0.3, -0.25) is 4.79 Å². The van der Waals surface area contributed by atoms with Crippen LogP contribution in [-0.4, -0.2) is 34.2 Å². The van der Waals surface area contributed by atoms with Crippen molar-refractivity contribution in [3.05, 3.63) is 107 Å². The number of hydrogen-bond acceptors (Lipinski definition) is 6. The van der Waals surface area contributed by atoms with Crippen LogP contribution in [0.1, 0.15) is 22.7 Å². The van der Waals surface area contributed by atoms with Crippen molar-refractivity contribution in [1.29, 1.82) is 0 Å². The maximum absolute atomic E-state index is 13.1. The van der Waals surface area contributed by atoms with E-state index >= 15 is 0 Å². The topological polar surface area (TPSA) is 84.9 Å². The SMILES string of the molecule is O=C(NN(C(=O)OCc1ccccc1)C(C(=O)SCC(F)(F)F)c1ccc(Cl)cc1)OCc1ccccc1. The highest BCUT2D eigenvalue weighted by molar-refractivity contribution is 8.13. The molecule has 0 aliphatic carbocycles. The van der Waals surface area contributed by atoms with E-state index in [0.29, 0.717) is 16.1 Å². The second-order valence-corrected chi connectivity index (χ2v) is 9.18. The Hall–Kier alpha value is -3.70. The molecule has 0 radical (unpaired) electrons. The van der Waals surface area contributed by atoms with Crippen LogP contribution in [0.25, 0.3) is 0 Å². The van der Waals surface area contributed by atoms with Crippen molar-refractivity contribution in [2.75, 3.05) is 5.75 Å². The zero-order chi connectivity index (χ0) is 27.5. The molecule has 1 N–H and O–H groups in total. The van der Waals surface area contributed by atoms with Crippen LogP contribution >= 0.6 is 23.4 Å². The van der Waals surface area contributed by atoms with Gasteiger partial charge in [0, 0.05) is 5.02 Å². The second kappa shape index (κ2) is 13.7. The molecule has 0 spiro atoms. The maximum atomic E-state index is 13.1. The third-order valence-electron chi connectivity index (χ3n) is 4.87. The number of thioether (sulfide) groups is 1. The quantitative estimate of drug-likeness (QED) is 0.306. The largest absolute Gasteiger partial charge is 0.443 e. The van der Waals surface area contributed by atoms with Crippen molar-refractivity contribution in [3.63, 3.8) is 0 Å².